The van der Waals surface area contributed by atoms with E-state index in [2.05, 4.69) is 35.9 Å². The summed E-state index contributed by atoms with van der Waals surface area (Å²) in [7, 11) is 3.19. The number of alkyl halides is 2. The maximum absolute atomic E-state index is 13.2. The molecule has 3 aromatic heterocycles. The summed E-state index contributed by atoms with van der Waals surface area (Å²) >= 11 is 0. The summed E-state index contributed by atoms with van der Waals surface area (Å²) in [4.78, 5) is 22.8. The van der Waals surface area contributed by atoms with Crippen molar-refractivity contribution in [3.63, 3.8) is 0 Å². The van der Waals surface area contributed by atoms with Crippen LogP contribution in [0.4, 0.5) is 37.5 Å². The lowest BCUT2D eigenvalue weighted by molar-refractivity contribution is -0.0262. The third-order valence-corrected chi connectivity index (χ3v) is 5.67. The van der Waals surface area contributed by atoms with Gasteiger partial charge in [0, 0.05) is 24.2 Å². The maximum atomic E-state index is 13.2. The summed E-state index contributed by atoms with van der Waals surface area (Å²) in [6, 6.07) is 9.84. The molecule has 1 fully saturated rings. The van der Waals surface area contributed by atoms with Crippen LogP contribution in [-0.2, 0) is 7.05 Å². The van der Waals surface area contributed by atoms with E-state index in [1.54, 1.807) is 37.4 Å². The molecule has 4 aromatic rings. The molecule has 1 amide bonds. The van der Waals surface area contributed by atoms with Gasteiger partial charge in [0.05, 0.1) is 49.0 Å². The highest BCUT2D eigenvalue weighted by Gasteiger charge is 2.44. The Bertz CT molecular complexity index is 1570. The van der Waals surface area contributed by atoms with E-state index in [-0.39, 0.29) is 30.3 Å². The minimum atomic E-state index is -2.76. The van der Waals surface area contributed by atoms with Crippen LogP contribution in [0.2, 0.25) is 0 Å². The fourth-order valence-electron chi connectivity index (χ4n) is 3.89. The van der Waals surface area contributed by atoms with Crippen molar-refractivity contribution in [3.05, 3.63) is 54.6 Å². The van der Waals surface area contributed by atoms with Crippen LogP contribution in [0.3, 0.4) is 0 Å². The minimum absolute atomic E-state index is 0.105. The van der Waals surface area contributed by atoms with Gasteiger partial charge in [-0.15, -0.1) is 10.2 Å². The Labute approximate surface area is 220 Å². The van der Waals surface area contributed by atoms with Gasteiger partial charge in [0.1, 0.15) is 12.1 Å². The minimum Gasteiger partial charge on any atom is -0.494 e. The van der Waals surface area contributed by atoms with Crippen molar-refractivity contribution in [1.29, 1.82) is 0 Å². The number of hydrogen-bond acceptors (Lipinski definition) is 10. The van der Waals surface area contributed by atoms with Crippen LogP contribution in [-0.4, -0.2) is 69.0 Å². The van der Waals surface area contributed by atoms with Gasteiger partial charge in [-0.25, -0.2) is 18.7 Å². The van der Waals surface area contributed by atoms with Crippen LogP contribution in [0.15, 0.2) is 48.9 Å². The molecule has 38 heavy (non-hydrogen) atoms. The summed E-state index contributed by atoms with van der Waals surface area (Å²) in [5.74, 6) is -2.43. The molecule has 0 atom stereocenters. The Balaban J connectivity index is 1.45. The van der Waals surface area contributed by atoms with Crippen molar-refractivity contribution in [1.82, 2.24) is 35.3 Å². The number of nitrogens with one attached hydrogen (secondary N) is 3. The largest absolute Gasteiger partial charge is 0.494 e. The molecular formula is C24H24F2N10O2. The molecule has 5 rings (SSSR count). The molecule has 196 valence electrons. The van der Waals surface area contributed by atoms with Crippen LogP contribution in [0.25, 0.3) is 11.4 Å². The first-order valence-corrected chi connectivity index (χ1v) is 11.3. The Hall–Kier alpha value is -4.88. The van der Waals surface area contributed by atoms with E-state index in [0.717, 1.165) is 0 Å². The quantitative estimate of drug-likeness (QED) is 0.315. The average molecular weight is 526 g/mol. The van der Waals surface area contributed by atoms with E-state index < -0.39 is 18.8 Å². The highest BCUT2D eigenvalue weighted by atomic mass is 19.3. The Kier molecular flexibility index (Phi) is 5.52. The van der Waals surface area contributed by atoms with Gasteiger partial charge in [0.2, 0.25) is 0 Å². The fraction of sp³-hybridized carbons (Fsp3) is 0.250. The van der Waals surface area contributed by atoms with Crippen molar-refractivity contribution in [2.45, 2.75) is 5.92 Å². The van der Waals surface area contributed by atoms with E-state index >= 15 is 0 Å². The van der Waals surface area contributed by atoms with Crippen molar-refractivity contribution in [3.8, 4) is 17.1 Å². The van der Waals surface area contributed by atoms with Crippen LogP contribution >= 0.6 is 0 Å². The monoisotopic (exact) mass is 525 g/mol. The number of ether oxygens (including phenoxy) is 1. The van der Waals surface area contributed by atoms with Gasteiger partial charge in [-0.3, -0.25) is 9.48 Å². The molecule has 1 aromatic carbocycles. The predicted octanol–water partition coefficient (Wildman–Crippen LogP) is 2.98. The molecule has 14 heteroatoms. The molecule has 0 bridgehead atoms. The molecule has 12 nitrogen and oxygen atoms in total. The van der Waals surface area contributed by atoms with Crippen LogP contribution in [0.1, 0.15) is 14.6 Å². The summed E-state index contributed by atoms with van der Waals surface area (Å²) < 4.78 is 55.8. The third kappa shape index (κ3) is 5.00. The van der Waals surface area contributed by atoms with Crippen molar-refractivity contribution in [2.75, 3.05) is 42.7 Å². The molecule has 0 unspecified atom stereocenters. The SMILES string of the molecule is [2H]C([2H])([2H])NC(=O)c1nnc(Nc2ccc(N3CC(F)(F)C3)cn2)cc1Nc1cccc(-c2ncn(C)n2)c1OC. The number of nitrogens with zero attached hydrogens (tertiary/aromatic N) is 7. The number of carbonyl (C=O) groups excluding carboxylic acids is 1. The number of carbonyl (C=O) groups is 1. The predicted molar refractivity (Wildman–Crippen MR) is 136 cm³/mol. The molecule has 1 aliphatic rings. The van der Waals surface area contributed by atoms with Crippen LogP contribution in [0, 0.1) is 0 Å². The van der Waals surface area contributed by atoms with E-state index in [9.17, 15) is 13.6 Å². The average Bonchev–Trinajstić information content (AvgIpc) is 3.33. The zero-order chi connectivity index (χ0) is 29.4. The highest BCUT2D eigenvalue weighted by Crippen LogP contribution is 2.37. The van der Waals surface area contributed by atoms with Crippen LogP contribution in [0.5, 0.6) is 5.75 Å². The number of para-hydroxylation sites is 1. The molecule has 0 saturated carbocycles. The van der Waals surface area contributed by atoms with E-state index in [4.69, 9.17) is 8.85 Å². The normalized spacial score (nSPS) is 15.5. The summed E-state index contributed by atoms with van der Waals surface area (Å²) in [6.07, 6.45) is 2.99. The Morgan fingerprint density at radius 3 is 2.61 bits per heavy atom. The number of hydrogen-bond donors (Lipinski definition) is 3. The number of anilines is 5. The first kappa shape index (κ1) is 21.2. The maximum Gasteiger partial charge on any atom is 0.282 e. The molecule has 0 spiro atoms. The number of halogens is 2. The molecular weight excluding hydrogens is 498 g/mol. The zero-order valence-corrected chi connectivity index (χ0v) is 20.2. The van der Waals surface area contributed by atoms with Gasteiger partial charge in [-0.1, -0.05) is 6.07 Å². The lowest BCUT2D eigenvalue weighted by Crippen LogP contribution is -2.56. The molecule has 0 radical (unpaired) electrons. The topological polar surface area (TPSA) is 135 Å². The summed E-state index contributed by atoms with van der Waals surface area (Å²) in [5, 5.41) is 20.2. The number of methoxy groups -OCH3 is 1. The number of aryl methyl sites for hydroxylation is 1. The lowest BCUT2D eigenvalue weighted by atomic mass is 10.1. The Morgan fingerprint density at radius 2 is 1.95 bits per heavy atom. The van der Waals surface area contributed by atoms with Gasteiger partial charge in [-0.2, -0.15) is 5.10 Å². The molecule has 1 saturated heterocycles. The third-order valence-electron chi connectivity index (χ3n) is 5.67. The number of rotatable bonds is 8. The summed E-state index contributed by atoms with van der Waals surface area (Å²) in [6.45, 7) is -3.51. The standard InChI is InChI=1S/C24H24F2N10O2/c1-27-23(37)20-17(30-16-6-4-5-15(21(16)38-3)22-29-13-35(2)34-22)9-19(32-33-20)31-18-8-7-14(10-28-18)36-11-24(25,26)12-36/h4-10,13H,11-12H2,1-3H3,(H,27,37)(H2,28,30,31,32)/i1D3. The first-order chi connectivity index (χ1) is 19.4. The fourth-order valence-corrected chi connectivity index (χ4v) is 3.89. The highest BCUT2D eigenvalue weighted by molar-refractivity contribution is 5.99. The first-order valence-electron chi connectivity index (χ1n) is 12.8. The second kappa shape index (κ2) is 9.88. The van der Waals surface area contributed by atoms with E-state index in [1.165, 1.54) is 35.3 Å². The van der Waals surface area contributed by atoms with Gasteiger partial charge in [0.25, 0.3) is 11.8 Å². The van der Waals surface area contributed by atoms with Gasteiger partial charge >= 0.3 is 0 Å². The molecule has 3 N–H and O–H groups in total. The van der Waals surface area contributed by atoms with Gasteiger partial charge in [-0.05, 0) is 24.3 Å². The van der Waals surface area contributed by atoms with Gasteiger partial charge in [0.15, 0.2) is 23.1 Å². The smallest absolute Gasteiger partial charge is 0.282 e. The van der Waals surface area contributed by atoms with Crippen molar-refractivity contribution >= 4 is 34.6 Å². The van der Waals surface area contributed by atoms with E-state index in [1.807, 2.05) is 5.32 Å². The van der Waals surface area contributed by atoms with E-state index in [0.29, 0.717) is 34.3 Å². The zero-order valence-electron chi connectivity index (χ0n) is 23.2. The number of amides is 1. The van der Waals surface area contributed by atoms with Crippen LogP contribution < -0.4 is 25.6 Å². The second-order valence-electron chi connectivity index (χ2n) is 8.44. The van der Waals surface area contributed by atoms with Crippen molar-refractivity contribution in [2.24, 2.45) is 7.05 Å². The lowest BCUT2D eigenvalue weighted by Gasteiger charge is -2.40. The number of pyridine rings is 1. The Morgan fingerprint density at radius 1 is 1.11 bits per heavy atom. The number of benzene rings is 1. The summed E-state index contributed by atoms with van der Waals surface area (Å²) in [5.41, 5.74) is 1.33. The van der Waals surface area contributed by atoms with Gasteiger partial charge < -0.3 is 25.6 Å². The molecule has 0 aliphatic carbocycles. The molecule has 1 aliphatic heterocycles. The molecule has 4 heterocycles. The number of aromatic nitrogens is 6. The second-order valence-corrected chi connectivity index (χ2v) is 8.44. The van der Waals surface area contributed by atoms with Crippen molar-refractivity contribution < 1.29 is 22.4 Å².